The van der Waals surface area contributed by atoms with Crippen molar-refractivity contribution in [3.63, 3.8) is 0 Å². The summed E-state index contributed by atoms with van der Waals surface area (Å²) in [6.07, 6.45) is 18.1. The Morgan fingerprint density at radius 1 is 0.383 bits per heavy atom. The smallest absolute Gasteiger partial charge is 0.0493 e. The van der Waals surface area contributed by atoms with Crippen molar-refractivity contribution in [2.75, 3.05) is 9.80 Å². The largest absolute Gasteiger partial charge is 0.314 e. The van der Waals surface area contributed by atoms with Crippen molar-refractivity contribution < 1.29 is 0 Å². The van der Waals surface area contributed by atoms with Crippen LogP contribution in [-0.2, 0) is 12.8 Å². The van der Waals surface area contributed by atoms with E-state index in [4.69, 9.17) is 0 Å². The number of hydrogen-bond acceptors (Lipinski definition) is 2. The first kappa shape index (κ1) is 35.1. The standard InChI is InChI=1S/C58H46N2/c1-2-19-44(20-3-1)57-51-37-47(59-53-22-10-6-15-40(53)27-28-41-16-7-11-23-54(41)59)32-34-49(51)58(46-31-26-39-14-4-5-21-45(39)36-46)50-35-33-48(38-52(50)57)60-55-24-12-8-17-42(55)29-30-43-18-9-13-25-56(43)60/h1-8,10,12-17,19-22,24-26,31-38H,9,11,18,23,27-30H2. The van der Waals surface area contributed by atoms with Crippen LogP contribution in [0.25, 0.3) is 54.6 Å². The highest BCUT2D eigenvalue weighted by atomic mass is 15.2. The molecule has 8 aromatic rings. The average Bonchev–Trinajstić information content (AvgIpc) is 3.59. The molecule has 2 heterocycles. The van der Waals surface area contributed by atoms with Gasteiger partial charge in [-0.3, -0.25) is 0 Å². The van der Waals surface area contributed by atoms with Gasteiger partial charge in [0.2, 0.25) is 0 Å². The first-order valence-corrected chi connectivity index (χ1v) is 21.9. The molecule has 0 saturated heterocycles. The Labute approximate surface area is 352 Å². The maximum absolute atomic E-state index is 2.60. The van der Waals surface area contributed by atoms with Crippen molar-refractivity contribution in [1.29, 1.82) is 0 Å². The average molecular weight is 771 g/mol. The predicted molar refractivity (Wildman–Crippen MR) is 254 cm³/mol. The van der Waals surface area contributed by atoms with Gasteiger partial charge in [-0.15, -0.1) is 0 Å². The molecule has 0 atom stereocenters. The van der Waals surface area contributed by atoms with Gasteiger partial charge in [-0.2, -0.15) is 0 Å². The second-order valence-electron chi connectivity index (χ2n) is 16.9. The van der Waals surface area contributed by atoms with E-state index in [1.54, 1.807) is 5.57 Å². The highest BCUT2D eigenvalue weighted by molar-refractivity contribution is 6.23. The Morgan fingerprint density at radius 2 is 1.00 bits per heavy atom. The van der Waals surface area contributed by atoms with E-state index < -0.39 is 0 Å². The van der Waals surface area contributed by atoms with E-state index in [2.05, 4.69) is 192 Å². The summed E-state index contributed by atoms with van der Waals surface area (Å²) in [6, 6.07) is 59.8. The number of aryl methyl sites for hydroxylation is 2. The Hall–Kier alpha value is -6.90. The lowest BCUT2D eigenvalue weighted by atomic mass is 9.85. The Balaban J connectivity index is 1.19. The van der Waals surface area contributed by atoms with Crippen molar-refractivity contribution in [1.82, 2.24) is 0 Å². The molecular formula is C58H46N2. The summed E-state index contributed by atoms with van der Waals surface area (Å²) in [5.41, 5.74) is 18.7. The van der Waals surface area contributed by atoms with Crippen LogP contribution < -0.4 is 9.80 Å². The number of nitrogens with zero attached hydrogens (tertiary/aromatic N) is 2. The summed E-state index contributed by atoms with van der Waals surface area (Å²) in [5.74, 6) is 0. The number of anilines is 4. The first-order chi connectivity index (χ1) is 29.8. The molecule has 0 aromatic heterocycles. The zero-order valence-corrected chi connectivity index (χ0v) is 33.9. The minimum atomic E-state index is 1.04. The molecular weight excluding hydrogens is 725 g/mol. The second-order valence-corrected chi connectivity index (χ2v) is 16.9. The molecule has 2 aliphatic carbocycles. The number of fused-ring (bicyclic) bond motifs is 5. The molecule has 0 N–H and O–H groups in total. The zero-order chi connectivity index (χ0) is 39.6. The predicted octanol–water partition coefficient (Wildman–Crippen LogP) is 15.9. The second kappa shape index (κ2) is 14.4. The quantitative estimate of drug-likeness (QED) is 0.164. The number of para-hydroxylation sites is 2. The minimum Gasteiger partial charge on any atom is -0.314 e. The molecule has 8 aromatic carbocycles. The third-order valence-electron chi connectivity index (χ3n) is 13.5. The molecule has 0 amide bonds. The van der Waals surface area contributed by atoms with Gasteiger partial charge in [-0.05, 0) is 177 Å². The summed E-state index contributed by atoms with van der Waals surface area (Å²) in [4.78, 5) is 5.17. The molecule has 0 unspecified atom stereocenters. The van der Waals surface area contributed by atoms with E-state index in [-0.39, 0.29) is 0 Å². The SMILES string of the molecule is C1=CC2=C(CC1)CCc1ccccc1N2c1ccc2c(-c3ccc4ccccc4c3)c3ccc(N4C5=C(C=CCC5)CCc5ccccc54)cc3c(-c3ccccc3)c2c1. The van der Waals surface area contributed by atoms with Crippen molar-refractivity contribution in [3.05, 3.63) is 216 Å². The lowest BCUT2D eigenvalue weighted by Gasteiger charge is -2.32. The highest BCUT2D eigenvalue weighted by Crippen LogP contribution is 2.50. The highest BCUT2D eigenvalue weighted by Gasteiger charge is 2.28. The van der Waals surface area contributed by atoms with Gasteiger partial charge in [-0.25, -0.2) is 0 Å². The number of rotatable bonds is 4. The van der Waals surface area contributed by atoms with Gasteiger partial charge in [0.1, 0.15) is 0 Å². The van der Waals surface area contributed by atoms with E-state index in [1.165, 1.54) is 105 Å². The van der Waals surface area contributed by atoms with E-state index in [0.29, 0.717) is 0 Å². The molecule has 2 nitrogen and oxygen atoms in total. The van der Waals surface area contributed by atoms with Crippen LogP contribution in [0.1, 0.15) is 49.7 Å². The van der Waals surface area contributed by atoms with Crippen LogP contribution in [0.2, 0.25) is 0 Å². The third-order valence-corrected chi connectivity index (χ3v) is 13.5. The van der Waals surface area contributed by atoms with E-state index >= 15 is 0 Å². The number of allylic oxidation sites excluding steroid dienone is 7. The Morgan fingerprint density at radius 3 is 1.78 bits per heavy atom. The van der Waals surface area contributed by atoms with Gasteiger partial charge >= 0.3 is 0 Å². The first-order valence-electron chi connectivity index (χ1n) is 21.9. The lowest BCUT2D eigenvalue weighted by Crippen LogP contribution is -2.19. The molecule has 0 spiro atoms. The van der Waals surface area contributed by atoms with Crippen molar-refractivity contribution in [3.8, 4) is 22.3 Å². The summed E-state index contributed by atoms with van der Waals surface area (Å²) in [7, 11) is 0. The van der Waals surface area contributed by atoms with Gasteiger partial charge < -0.3 is 9.80 Å². The molecule has 0 fully saturated rings. The number of benzene rings is 8. The van der Waals surface area contributed by atoms with Crippen LogP contribution >= 0.6 is 0 Å². The summed E-state index contributed by atoms with van der Waals surface area (Å²) in [6.45, 7) is 0. The fourth-order valence-corrected chi connectivity index (χ4v) is 10.7. The maximum Gasteiger partial charge on any atom is 0.0493 e. The monoisotopic (exact) mass is 770 g/mol. The van der Waals surface area contributed by atoms with Gasteiger partial charge in [-0.1, -0.05) is 133 Å². The van der Waals surface area contributed by atoms with Gasteiger partial charge in [0.15, 0.2) is 0 Å². The van der Waals surface area contributed by atoms with Gasteiger partial charge in [0.25, 0.3) is 0 Å². The van der Waals surface area contributed by atoms with Crippen molar-refractivity contribution in [2.24, 2.45) is 0 Å². The van der Waals surface area contributed by atoms with E-state index in [0.717, 1.165) is 51.4 Å². The normalized spacial score (nSPS) is 16.1. The van der Waals surface area contributed by atoms with Gasteiger partial charge in [0, 0.05) is 34.1 Å². The maximum atomic E-state index is 2.60. The fraction of sp³-hybridized carbons (Fsp3) is 0.138. The van der Waals surface area contributed by atoms with Crippen molar-refractivity contribution >= 4 is 55.1 Å². The van der Waals surface area contributed by atoms with Gasteiger partial charge in [0.05, 0.1) is 0 Å². The molecule has 0 bridgehead atoms. The summed E-state index contributed by atoms with van der Waals surface area (Å²) < 4.78 is 0. The summed E-state index contributed by atoms with van der Waals surface area (Å²) >= 11 is 0. The molecule has 2 heteroatoms. The van der Waals surface area contributed by atoms with E-state index in [1.807, 2.05) is 0 Å². The molecule has 288 valence electrons. The van der Waals surface area contributed by atoms with Crippen LogP contribution in [0.4, 0.5) is 22.7 Å². The molecule has 4 aliphatic rings. The zero-order valence-electron chi connectivity index (χ0n) is 33.9. The molecule has 0 saturated carbocycles. The van der Waals surface area contributed by atoms with E-state index in [9.17, 15) is 0 Å². The minimum absolute atomic E-state index is 1.04. The van der Waals surface area contributed by atoms with Crippen molar-refractivity contribution in [2.45, 2.75) is 51.4 Å². The fourth-order valence-electron chi connectivity index (χ4n) is 10.7. The number of hydrogen-bond donors (Lipinski definition) is 0. The Kier molecular flexibility index (Phi) is 8.44. The molecule has 60 heavy (non-hydrogen) atoms. The molecule has 12 rings (SSSR count). The third kappa shape index (κ3) is 5.77. The van der Waals surface area contributed by atoms with Crippen LogP contribution in [-0.4, -0.2) is 0 Å². The van der Waals surface area contributed by atoms with Crippen LogP contribution in [0.15, 0.2) is 205 Å². The molecule has 0 radical (unpaired) electrons. The van der Waals surface area contributed by atoms with Crippen LogP contribution in [0, 0.1) is 0 Å². The summed E-state index contributed by atoms with van der Waals surface area (Å²) in [5, 5.41) is 7.60. The van der Waals surface area contributed by atoms with Crippen LogP contribution in [0.3, 0.4) is 0 Å². The Bertz CT molecular complexity index is 3160. The molecule has 2 aliphatic heterocycles. The topological polar surface area (TPSA) is 6.48 Å². The van der Waals surface area contributed by atoms with Crippen LogP contribution in [0.5, 0.6) is 0 Å². The lowest BCUT2D eigenvalue weighted by molar-refractivity contribution is 0.833.